The van der Waals surface area contributed by atoms with E-state index in [4.69, 9.17) is 0 Å². The summed E-state index contributed by atoms with van der Waals surface area (Å²) >= 11 is 0. The molecule has 1 N–H and O–H groups in total. The second-order valence-corrected chi connectivity index (χ2v) is 6.69. The summed E-state index contributed by atoms with van der Waals surface area (Å²) in [5.74, 6) is 0.984. The second-order valence-electron chi connectivity index (χ2n) is 6.69. The third-order valence-electron chi connectivity index (χ3n) is 4.97. The molecule has 0 unspecified atom stereocenters. The minimum absolute atomic E-state index is 0.0143. The van der Waals surface area contributed by atoms with E-state index in [0.717, 1.165) is 49.0 Å². The van der Waals surface area contributed by atoms with Gasteiger partial charge in [0, 0.05) is 33.5 Å². The molecular weight excluding hydrogens is 316 g/mol. The molecule has 6 heteroatoms. The van der Waals surface area contributed by atoms with Crippen LogP contribution < -0.4 is 5.32 Å². The zero-order valence-electron chi connectivity index (χ0n) is 15.0. The SMILES string of the molecule is CC(=O)N1CCCC[C@@H]1C(=O)NCCCc1nc2ccccc2n1C. The Bertz CT molecular complexity index is 768. The van der Waals surface area contributed by atoms with Crippen LogP contribution >= 0.6 is 0 Å². The first-order valence-corrected chi connectivity index (χ1v) is 9.03. The number of carbonyl (C=O) groups excluding carboxylic acids is 2. The fourth-order valence-corrected chi connectivity index (χ4v) is 3.58. The van der Waals surface area contributed by atoms with Crippen molar-refractivity contribution in [2.24, 2.45) is 7.05 Å². The molecule has 1 fully saturated rings. The van der Waals surface area contributed by atoms with Gasteiger partial charge in [0.15, 0.2) is 0 Å². The van der Waals surface area contributed by atoms with Crippen molar-refractivity contribution >= 4 is 22.8 Å². The van der Waals surface area contributed by atoms with Crippen molar-refractivity contribution < 1.29 is 9.59 Å². The van der Waals surface area contributed by atoms with E-state index in [2.05, 4.69) is 20.9 Å². The number of nitrogens with zero attached hydrogens (tertiary/aromatic N) is 3. The smallest absolute Gasteiger partial charge is 0.242 e. The zero-order chi connectivity index (χ0) is 17.8. The summed E-state index contributed by atoms with van der Waals surface area (Å²) in [5.41, 5.74) is 2.13. The van der Waals surface area contributed by atoms with Gasteiger partial charge in [0.05, 0.1) is 11.0 Å². The third-order valence-corrected chi connectivity index (χ3v) is 4.97. The number of nitrogens with one attached hydrogen (secondary N) is 1. The van der Waals surface area contributed by atoms with Gasteiger partial charge >= 0.3 is 0 Å². The van der Waals surface area contributed by atoms with Crippen LogP contribution in [-0.2, 0) is 23.1 Å². The van der Waals surface area contributed by atoms with Crippen LogP contribution in [0, 0.1) is 0 Å². The monoisotopic (exact) mass is 342 g/mol. The lowest BCUT2D eigenvalue weighted by atomic mass is 10.0. The van der Waals surface area contributed by atoms with E-state index in [9.17, 15) is 9.59 Å². The molecule has 1 aliphatic rings. The average molecular weight is 342 g/mol. The summed E-state index contributed by atoms with van der Waals surface area (Å²) < 4.78 is 2.11. The van der Waals surface area contributed by atoms with Crippen molar-refractivity contribution in [1.29, 1.82) is 0 Å². The maximum absolute atomic E-state index is 12.4. The Morgan fingerprint density at radius 1 is 1.28 bits per heavy atom. The van der Waals surface area contributed by atoms with Crippen LogP contribution in [0.5, 0.6) is 0 Å². The van der Waals surface area contributed by atoms with Crippen molar-refractivity contribution in [2.75, 3.05) is 13.1 Å². The molecule has 25 heavy (non-hydrogen) atoms. The first-order valence-electron chi connectivity index (χ1n) is 9.03. The highest BCUT2D eigenvalue weighted by Crippen LogP contribution is 2.17. The normalized spacial score (nSPS) is 17.7. The molecule has 1 aliphatic heterocycles. The third kappa shape index (κ3) is 3.83. The molecule has 0 bridgehead atoms. The molecule has 2 aromatic rings. The van der Waals surface area contributed by atoms with Gasteiger partial charge in [-0.25, -0.2) is 4.98 Å². The van der Waals surface area contributed by atoms with E-state index in [-0.39, 0.29) is 17.9 Å². The number of likely N-dealkylation sites (tertiary alicyclic amines) is 1. The van der Waals surface area contributed by atoms with Crippen LogP contribution in [0.25, 0.3) is 11.0 Å². The summed E-state index contributed by atoms with van der Waals surface area (Å²) in [4.78, 5) is 30.4. The number of aryl methyl sites for hydroxylation is 2. The van der Waals surface area contributed by atoms with Crippen LogP contribution in [0.3, 0.4) is 0 Å². The highest BCUT2D eigenvalue weighted by atomic mass is 16.2. The predicted molar refractivity (Wildman–Crippen MR) is 97.1 cm³/mol. The lowest BCUT2D eigenvalue weighted by Gasteiger charge is -2.33. The molecule has 0 spiro atoms. The maximum atomic E-state index is 12.4. The van der Waals surface area contributed by atoms with Crippen LogP contribution in [0.4, 0.5) is 0 Å². The molecule has 3 rings (SSSR count). The number of fused-ring (bicyclic) bond motifs is 1. The summed E-state index contributed by atoms with van der Waals surface area (Å²) in [6.07, 6.45) is 4.39. The summed E-state index contributed by atoms with van der Waals surface area (Å²) in [6.45, 7) is 2.83. The van der Waals surface area contributed by atoms with Crippen molar-refractivity contribution in [3.63, 3.8) is 0 Å². The van der Waals surface area contributed by atoms with Gasteiger partial charge in [0.2, 0.25) is 11.8 Å². The van der Waals surface area contributed by atoms with Crippen LogP contribution in [0.2, 0.25) is 0 Å². The molecule has 0 aliphatic carbocycles. The number of amides is 2. The molecule has 1 aromatic carbocycles. The van der Waals surface area contributed by atoms with Gasteiger partial charge in [-0.2, -0.15) is 0 Å². The lowest BCUT2D eigenvalue weighted by molar-refractivity contribution is -0.140. The maximum Gasteiger partial charge on any atom is 0.242 e. The zero-order valence-corrected chi connectivity index (χ0v) is 15.0. The molecule has 1 aromatic heterocycles. The van der Waals surface area contributed by atoms with Gasteiger partial charge in [-0.1, -0.05) is 12.1 Å². The van der Waals surface area contributed by atoms with Crippen molar-refractivity contribution in [3.05, 3.63) is 30.1 Å². The van der Waals surface area contributed by atoms with Gasteiger partial charge in [0.1, 0.15) is 11.9 Å². The number of hydrogen-bond acceptors (Lipinski definition) is 3. The quantitative estimate of drug-likeness (QED) is 0.846. The Morgan fingerprint density at radius 3 is 2.84 bits per heavy atom. The van der Waals surface area contributed by atoms with Crippen molar-refractivity contribution in [1.82, 2.24) is 19.8 Å². The Hall–Kier alpha value is -2.37. The van der Waals surface area contributed by atoms with Gasteiger partial charge in [-0.3, -0.25) is 9.59 Å². The predicted octanol–water partition coefficient (Wildman–Crippen LogP) is 2.02. The largest absolute Gasteiger partial charge is 0.354 e. The molecule has 2 heterocycles. The number of rotatable bonds is 5. The number of aromatic nitrogens is 2. The van der Waals surface area contributed by atoms with Crippen LogP contribution in [0.15, 0.2) is 24.3 Å². The Labute approximate surface area is 148 Å². The van der Waals surface area contributed by atoms with E-state index in [1.165, 1.54) is 6.92 Å². The fraction of sp³-hybridized carbons (Fsp3) is 0.526. The van der Waals surface area contributed by atoms with E-state index < -0.39 is 0 Å². The Morgan fingerprint density at radius 2 is 2.08 bits per heavy atom. The van der Waals surface area contributed by atoms with Gasteiger partial charge < -0.3 is 14.8 Å². The van der Waals surface area contributed by atoms with E-state index in [0.29, 0.717) is 13.1 Å². The summed E-state index contributed by atoms with van der Waals surface area (Å²) in [5, 5.41) is 2.99. The molecular formula is C19H26N4O2. The molecule has 1 saturated heterocycles. The van der Waals surface area contributed by atoms with Crippen LogP contribution in [0.1, 0.15) is 38.4 Å². The number of benzene rings is 1. The van der Waals surface area contributed by atoms with Crippen LogP contribution in [-0.4, -0.2) is 45.4 Å². The van der Waals surface area contributed by atoms with Gasteiger partial charge in [-0.15, -0.1) is 0 Å². The molecule has 0 saturated carbocycles. The highest BCUT2D eigenvalue weighted by Gasteiger charge is 2.29. The molecule has 6 nitrogen and oxygen atoms in total. The van der Waals surface area contributed by atoms with E-state index >= 15 is 0 Å². The van der Waals surface area contributed by atoms with E-state index in [1.807, 2.05) is 25.2 Å². The fourth-order valence-electron chi connectivity index (χ4n) is 3.58. The molecule has 0 radical (unpaired) electrons. The second kappa shape index (κ2) is 7.68. The number of hydrogen-bond donors (Lipinski definition) is 1. The first-order chi connectivity index (χ1) is 12.1. The number of piperidine rings is 1. The molecule has 1 atom stereocenters. The van der Waals surface area contributed by atoms with Gasteiger partial charge in [-0.05, 0) is 37.8 Å². The molecule has 134 valence electrons. The Balaban J connectivity index is 1.51. The molecule has 2 amide bonds. The standard InChI is InChI=1S/C19H26N4O2/c1-14(24)23-13-6-5-10-17(23)19(25)20-12-7-11-18-21-15-8-3-4-9-16(15)22(18)2/h3-4,8-9,17H,5-7,10-13H2,1-2H3,(H,20,25)/t17-/m1/s1. The number of para-hydroxylation sites is 2. The van der Waals surface area contributed by atoms with Crippen molar-refractivity contribution in [3.8, 4) is 0 Å². The minimum Gasteiger partial charge on any atom is -0.354 e. The highest BCUT2D eigenvalue weighted by molar-refractivity contribution is 5.87. The Kier molecular flexibility index (Phi) is 5.36. The minimum atomic E-state index is -0.304. The lowest BCUT2D eigenvalue weighted by Crippen LogP contribution is -2.51. The van der Waals surface area contributed by atoms with Crippen molar-refractivity contribution in [2.45, 2.75) is 45.1 Å². The number of carbonyl (C=O) groups is 2. The topological polar surface area (TPSA) is 67.2 Å². The number of imidazole rings is 1. The first kappa shape index (κ1) is 17.5. The average Bonchev–Trinajstić information content (AvgIpc) is 2.95. The van der Waals surface area contributed by atoms with E-state index in [1.54, 1.807) is 4.90 Å². The summed E-state index contributed by atoms with van der Waals surface area (Å²) in [7, 11) is 2.02. The summed E-state index contributed by atoms with van der Waals surface area (Å²) in [6, 6.07) is 7.78. The van der Waals surface area contributed by atoms with Gasteiger partial charge in [0.25, 0.3) is 0 Å².